The van der Waals surface area contributed by atoms with Gasteiger partial charge in [0.1, 0.15) is 5.76 Å². The van der Waals surface area contributed by atoms with Crippen molar-refractivity contribution >= 4 is 0 Å². The molecule has 0 saturated carbocycles. The fourth-order valence-electron chi connectivity index (χ4n) is 2.41. The molecule has 0 aromatic carbocycles. The summed E-state index contributed by atoms with van der Waals surface area (Å²) in [7, 11) is 0. The molecule has 0 spiro atoms. The maximum Gasteiger partial charge on any atom is 0.211 e. The second-order valence-electron chi connectivity index (χ2n) is 4.71. The fraction of sp³-hybridized carbons (Fsp3) is 0.750. The van der Waals surface area contributed by atoms with Crippen molar-refractivity contribution in [2.75, 3.05) is 6.54 Å². The molecule has 2 N–H and O–H groups in total. The number of aromatic nitrogens is 1. The Kier molecular flexibility index (Phi) is 3.61. The highest BCUT2D eigenvalue weighted by Crippen LogP contribution is 2.31. The molecule has 1 saturated heterocycles. The second-order valence-corrected chi connectivity index (χ2v) is 4.71. The zero-order valence-corrected chi connectivity index (χ0v) is 10.1. The summed E-state index contributed by atoms with van der Waals surface area (Å²) in [5, 5.41) is 0. The first kappa shape index (κ1) is 11.6. The number of oxazole rings is 1. The van der Waals surface area contributed by atoms with E-state index in [1.54, 1.807) is 6.20 Å². The van der Waals surface area contributed by atoms with Gasteiger partial charge in [-0.25, -0.2) is 4.98 Å². The lowest BCUT2D eigenvalue weighted by Crippen LogP contribution is -2.38. The van der Waals surface area contributed by atoms with E-state index in [-0.39, 0.29) is 0 Å². The van der Waals surface area contributed by atoms with Gasteiger partial charge in [0.15, 0.2) is 0 Å². The highest BCUT2D eigenvalue weighted by molar-refractivity contribution is 5.00. The maximum absolute atomic E-state index is 5.67. The number of rotatable bonds is 3. The number of piperidine rings is 1. The van der Waals surface area contributed by atoms with Gasteiger partial charge in [0.05, 0.1) is 18.8 Å². The van der Waals surface area contributed by atoms with Crippen molar-refractivity contribution in [3.8, 4) is 0 Å². The van der Waals surface area contributed by atoms with E-state index in [9.17, 15) is 0 Å². The SMILES string of the molecule is CC(C)N1CCCCC1c1ncc(CN)o1. The highest BCUT2D eigenvalue weighted by atomic mass is 16.4. The Morgan fingerprint density at radius 2 is 2.38 bits per heavy atom. The van der Waals surface area contributed by atoms with Crippen molar-refractivity contribution in [3.63, 3.8) is 0 Å². The van der Waals surface area contributed by atoms with Crippen LogP contribution in [0.15, 0.2) is 10.6 Å². The van der Waals surface area contributed by atoms with Crippen molar-refractivity contribution in [3.05, 3.63) is 17.8 Å². The van der Waals surface area contributed by atoms with Crippen molar-refractivity contribution in [2.24, 2.45) is 5.73 Å². The molecule has 1 aliphatic rings. The third kappa shape index (κ3) is 2.28. The van der Waals surface area contributed by atoms with Crippen molar-refractivity contribution in [1.82, 2.24) is 9.88 Å². The lowest BCUT2D eigenvalue weighted by Gasteiger charge is -2.36. The van der Waals surface area contributed by atoms with Gasteiger partial charge in [-0.3, -0.25) is 4.90 Å². The minimum Gasteiger partial charge on any atom is -0.443 e. The summed E-state index contributed by atoms with van der Waals surface area (Å²) in [6.45, 7) is 6.03. The number of hydrogen-bond acceptors (Lipinski definition) is 4. The van der Waals surface area contributed by atoms with Gasteiger partial charge in [-0.2, -0.15) is 0 Å². The smallest absolute Gasteiger partial charge is 0.211 e. The van der Waals surface area contributed by atoms with Gasteiger partial charge in [0, 0.05) is 6.04 Å². The molecule has 2 heterocycles. The third-order valence-electron chi connectivity index (χ3n) is 3.27. The minimum absolute atomic E-state index is 0.342. The molecule has 0 bridgehead atoms. The Bertz CT molecular complexity index is 335. The molecular weight excluding hydrogens is 202 g/mol. The van der Waals surface area contributed by atoms with Crippen LogP contribution in [0, 0.1) is 0 Å². The van der Waals surface area contributed by atoms with Crippen LogP contribution >= 0.6 is 0 Å². The van der Waals surface area contributed by atoms with E-state index < -0.39 is 0 Å². The minimum atomic E-state index is 0.342. The lowest BCUT2D eigenvalue weighted by atomic mass is 10.0. The van der Waals surface area contributed by atoms with Crippen LogP contribution in [0.1, 0.15) is 50.8 Å². The maximum atomic E-state index is 5.67. The lowest BCUT2D eigenvalue weighted by molar-refractivity contribution is 0.0916. The van der Waals surface area contributed by atoms with E-state index >= 15 is 0 Å². The molecule has 1 unspecified atom stereocenters. The summed E-state index contributed by atoms with van der Waals surface area (Å²) in [4.78, 5) is 6.82. The summed E-state index contributed by atoms with van der Waals surface area (Å²) < 4.78 is 5.67. The topological polar surface area (TPSA) is 55.3 Å². The predicted octanol–water partition coefficient (Wildman–Crippen LogP) is 2.07. The second kappa shape index (κ2) is 4.97. The van der Waals surface area contributed by atoms with Crippen LogP contribution in [0.5, 0.6) is 0 Å². The molecule has 4 nitrogen and oxygen atoms in total. The molecule has 4 heteroatoms. The van der Waals surface area contributed by atoms with Gasteiger partial charge in [-0.05, 0) is 33.2 Å². The van der Waals surface area contributed by atoms with Crippen LogP contribution in [-0.2, 0) is 6.54 Å². The predicted molar refractivity (Wildman–Crippen MR) is 62.8 cm³/mol. The van der Waals surface area contributed by atoms with E-state index in [2.05, 4.69) is 23.7 Å². The average Bonchev–Trinajstić information content (AvgIpc) is 2.77. The summed E-state index contributed by atoms with van der Waals surface area (Å²) in [5.74, 6) is 1.62. The molecule has 16 heavy (non-hydrogen) atoms. The zero-order chi connectivity index (χ0) is 11.5. The number of hydrogen-bond donors (Lipinski definition) is 1. The molecular formula is C12H21N3O. The molecule has 0 radical (unpaired) electrons. The number of nitrogens with zero attached hydrogens (tertiary/aromatic N) is 2. The van der Waals surface area contributed by atoms with Gasteiger partial charge in [-0.1, -0.05) is 6.42 Å². The van der Waals surface area contributed by atoms with E-state index in [4.69, 9.17) is 10.2 Å². The van der Waals surface area contributed by atoms with Gasteiger partial charge < -0.3 is 10.2 Å². The Balaban J connectivity index is 2.16. The highest BCUT2D eigenvalue weighted by Gasteiger charge is 2.29. The summed E-state index contributed by atoms with van der Waals surface area (Å²) in [5.41, 5.74) is 5.54. The molecule has 90 valence electrons. The normalized spacial score (nSPS) is 22.9. The first-order valence-corrected chi connectivity index (χ1v) is 6.12. The van der Waals surface area contributed by atoms with Crippen LogP contribution in [0.2, 0.25) is 0 Å². The van der Waals surface area contributed by atoms with Gasteiger partial charge >= 0.3 is 0 Å². The summed E-state index contributed by atoms with van der Waals surface area (Å²) >= 11 is 0. The van der Waals surface area contributed by atoms with E-state index in [0.29, 0.717) is 18.6 Å². The van der Waals surface area contributed by atoms with Crippen LogP contribution in [0.3, 0.4) is 0 Å². The van der Waals surface area contributed by atoms with E-state index in [1.165, 1.54) is 12.8 Å². The van der Waals surface area contributed by atoms with Crippen LogP contribution < -0.4 is 5.73 Å². The molecule has 1 aliphatic heterocycles. The summed E-state index contributed by atoms with van der Waals surface area (Å²) in [6.07, 6.45) is 5.43. The average molecular weight is 223 g/mol. The first-order valence-electron chi connectivity index (χ1n) is 6.12. The zero-order valence-electron chi connectivity index (χ0n) is 10.1. The van der Waals surface area contributed by atoms with Gasteiger partial charge in [-0.15, -0.1) is 0 Å². The van der Waals surface area contributed by atoms with Gasteiger partial charge in [0.2, 0.25) is 5.89 Å². The quantitative estimate of drug-likeness (QED) is 0.852. The van der Waals surface area contributed by atoms with Crippen molar-refractivity contribution in [2.45, 2.75) is 51.7 Å². The standard InChI is InChI=1S/C12H21N3O/c1-9(2)15-6-4-3-5-11(15)12-14-8-10(7-13)16-12/h8-9,11H,3-7,13H2,1-2H3. The first-order chi connectivity index (χ1) is 7.72. The van der Waals surface area contributed by atoms with Crippen LogP contribution in [-0.4, -0.2) is 22.5 Å². The Hall–Kier alpha value is -0.870. The third-order valence-corrected chi connectivity index (χ3v) is 3.27. The fourth-order valence-corrected chi connectivity index (χ4v) is 2.41. The molecule has 1 aromatic rings. The van der Waals surface area contributed by atoms with E-state index in [0.717, 1.165) is 24.6 Å². The van der Waals surface area contributed by atoms with Crippen LogP contribution in [0.25, 0.3) is 0 Å². The Morgan fingerprint density at radius 3 is 3.00 bits per heavy atom. The molecule has 0 aliphatic carbocycles. The van der Waals surface area contributed by atoms with Crippen molar-refractivity contribution < 1.29 is 4.42 Å². The Morgan fingerprint density at radius 1 is 1.56 bits per heavy atom. The molecule has 2 rings (SSSR count). The van der Waals surface area contributed by atoms with Crippen LogP contribution in [0.4, 0.5) is 0 Å². The number of likely N-dealkylation sites (tertiary alicyclic amines) is 1. The monoisotopic (exact) mass is 223 g/mol. The molecule has 0 amide bonds. The van der Waals surface area contributed by atoms with Gasteiger partial charge in [0.25, 0.3) is 0 Å². The summed E-state index contributed by atoms with van der Waals surface area (Å²) in [6, 6.07) is 0.882. The van der Waals surface area contributed by atoms with E-state index in [1.807, 2.05) is 0 Å². The number of nitrogens with two attached hydrogens (primary N) is 1. The molecule has 1 atom stereocenters. The largest absolute Gasteiger partial charge is 0.443 e. The Labute approximate surface area is 96.8 Å². The molecule has 1 aromatic heterocycles. The molecule has 1 fully saturated rings. The van der Waals surface area contributed by atoms with Crippen molar-refractivity contribution in [1.29, 1.82) is 0 Å².